The number of nitrogens with zero attached hydrogens (tertiary/aromatic N) is 4. The van der Waals surface area contributed by atoms with Gasteiger partial charge in [-0.1, -0.05) is 60.7 Å². The van der Waals surface area contributed by atoms with E-state index < -0.39 is 6.43 Å². The first-order chi connectivity index (χ1) is 18.0. The Morgan fingerprint density at radius 2 is 1.51 bits per heavy atom. The molecule has 2 heterocycles. The molecule has 0 N–H and O–H groups in total. The summed E-state index contributed by atoms with van der Waals surface area (Å²) in [5, 5.41) is 4.13. The first kappa shape index (κ1) is 24.1. The average molecular weight is 499 g/mol. The number of ether oxygens (including phenoxy) is 1. The van der Waals surface area contributed by atoms with Crippen molar-refractivity contribution in [3.8, 4) is 17.0 Å². The van der Waals surface area contributed by atoms with E-state index in [2.05, 4.69) is 10.1 Å². The molecule has 0 aliphatic carbocycles. The van der Waals surface area contributed by atoms with Crippen LogP contribution in [0, 0.1) is 0 Å². The van der Waals surface area contributed by atoms with Crippen molar-refractivity contribution in [1.29, 1.82) is 0 Å². The quantitative estimate of drug-likeness (QED) is 0.256. The van der Waals surface area contributed by atoms with Gasteiger partial charge in [-0.25, -0.2) is 18.3 Å². The van der Waals surface area contributed by atoms with Gasteiger partial charge in [0.25, 0.3) is 12.3 Å². The van der Waals surface area contributed by atoms with Crippen LogP contribution in [-0.4, -0.2) is 32.5 Å². The number of hydrogen-bond acceptors (Lipinski definition) is 4. The molecule has 0 radical (unpaired) electrons. The minimum atomic E-state index is -2.81. The van der Waals surface area contributed by atoms with Crippen LogP contribution in [0.2, 0.25) is 0 Å². The molecule has 6 nitrogen and oxygen atoms in total. The molecule has 1 amide bonds. The second kappa shape index (κ2) is 10.6. The first-order valence-electron chi connectivity index (χ1n) is 11.7. The Balaban J connectivity index is 1.58. The average Bonchev–Trinajstić information content (AvgIpc) is 3.37. The lowest BCUT2D eigenvalue weighted by molar-refractivity contribution is 0.0731. The lowest BCUT2D eigenvalue weighted by Gasteiger charge is -2.23. The second-order valence-electron chi connectivity index (χ2n) is 8.52. The smallest absolute Gasteiger partial charge is 0.280 e. The summed E-state index contributed by atoms with van der Waals surface area (Å²) in [6, 6.07) is 27.5. The molecular formula is C29H24F2N4O2. The van der Waals surface area contributed by atoms with Crippen LogP contribution in [0.3, 0.4) is 0 Å². The van der Waals surface area contributed by atoms with E-state index in [4.69, 9.17) is 4.74 Å². The van der Waals surface area contributed by atoms with Crippen LogP contribution in [0.5, 0.6) is 5.75 Å². The van der Waals surface area contributed by atoms with E-state index in [1.807, 2.05) is 60.7 Å². The number of carbonyl (C=O) groups excluding carboxylic acids is 1. The van der Waals surface area contributed by atoms with E-state index in [1.54, 1.807) is 36.3 Å². The molecule has 8 heteroatoms. The highest BCUT2D eigenvalue weighted by molar-refractivity contribution is 6.00. The maximum absolute atomic E-state index is 14.1. The highest BCUT2D eigenvalue weighted by Crippen LogP contribution is 2.28. The molecular weight excluding hydrogens is 474 g/mol. The number of aromatic nitrogens is 3. The van der Waals surface area contributed by atoms with Crippen LogP contribution in [-0.2, 0) is 13.1 Å². The largest absolute Gasteiger partial charge is 0.497 e. The van der Waals surface area contributed by atoms with E-state index in [0.29, 0.717) is 30.1 Å². The summed E-state index contributed by atoms with van der Waals surface area (Å²) in [6.45, 7) is 0.678. The number of amides is 1. The van der Waals surface area contributed by atoms with Gasteiger partial charge in [-0.05, 0) is 41.5 Å². The molecule has 0 fully saturated rings. The maximum atomic E-state index is 14.1. The Bertz CT molecular complexity index is 1460. The van der Waals surface area contributed by atoms with Gasteiger partial charge in [-0.15, -0.1) is 0 Å². The topological polar surface area (TPSA) is 59.7 Å². The van der Waals surface area contributed by atoms with Gasteiger partial charge in [0.1, 0.15) is 17.0 Å². The minimum absolute atomic E-state index is 0.0831. The third kappa shape index (κ3) is 5.18. The molecule has 0 unspecified atom stereocenters. The van der Waals surface area contributed by atoms with Crippen LogP contribution < -0.4 is 4.74 Å². The van der Waals surface area contributed by atoms with Gasteiger partial charge in [-0.2, -0.15) is 5.10 Å². The second-order valence-corrected chi connectivity index (χ2v) is 8.52. The minimum Gasteiger partial charge on any atom is -0.497 e. The Morgan fingerprint density at radius 1 is 0.919 bits per heavy atom. The predicted molar refractivity (Wildman–Crippen MR) is 136 cm³/mol. The lowest BCUT2D eigenvalue weighted by Crippen LogP contribution is -2.30. The highest BCUT2D eigenvalue weighted by atomic mass is 19.3. The Hall–Kier alpha value is -4.59. The summed E-state index contributed by atoms with van der Waals surface area (Å²) < 4.78 is 34.3. The van der Waals surface area contributed by atoms with Crippen LogP contribution >= 0.6 is 0 Å². The van der Waals surface area contributed by atoms with Crippen molar-refractivity contribution < 1.29 is 18.3 Å². The molecule has 0 aliphatic rings. The monoisotopic (exact) mass is 498 g/mol. The number of fused-ring (bicyclic) bond motifs is 1. The van der Waals surface area contributed by atoms with Crippen molar-refractivity contribution in [2.45, 2.75) is 19.5 Å². The highest BCUT2D eigenvalue weighted by Gasteiger charge is 2.25. The zero-order valence-electron chi connectivity index (χ0n) is 20.1. The lowest BCUT2D eigenvalue weighted by atomic mass is 10.1. The summed E-state index contributed by atoms with van der Waals surface area (Å²) in [4.78, 5) is 20.1. The van der Waals surface area contributed by atoms with Gasteiger partial charge < -0.3 is 9.64 Å². The summed E-state index contributed by atoms with van der Waals surface area (Å²) in [6.07, 6.45) is -1.49. The van der Waals surface area contributed by atoms with Crippen molar-refractivity contribution in [3.05, 3.63) is 120 Å². The molecule has 186 valence electrons. The van der Waals surface area contributed by atoms with Gasteiger partial charge >= 0.3 is 0 Å². The van der Waals surface area contributed by atoms with Gasteiger partial charge in [-0.3, -0.25) is 4.79 Å². The molecule has 5 aromatic rings. The summed E-state index contributed by atoms with van der Waals surface area (Å²) in [5.41, 5.74) is 2.73. The van der Waals surface area contributed by atoms with E-state index in [1.165, 1.54) is 12.3 Å². The number of carbonyl (C=O) groups is 1. The van der Waals surface area contributed by atoms with E-state index >= 15 is 0 Å². The molecule has 0 saturated carbocycles. The van der Waals surface area contributed by atoms with Gasteiger partial charge in [0.05, 0.1) is 19.0 Å². The number of halogens is 2. The molecule has 37 heavy (non-hydrogen) atoms. The third-order valence-corrected chi connectivity index (χ3v) is 6.06. The van der Waals surface area contributed by atoms with Gasteiger partial charge in [0.2, 0.25) is 0 Å². The number of benzene rings is 3. The molecule has 0 bridgehead atoms. The standard InChI is InChI=1S/C29H24F2N4O2/c1-37-23-14-12-22(13-15-23)25-16-26(27(30)31)35-28(33-25)24(17-32-35)29(36)34(18-20-8-4-2-5-9-20)19-21-10-6-3-7-11-21/h2-17,27H,18-19H2,1H3. The molecule has 2 aromatic heterocycles. The van der Waals surface area contributed by atoms with Crippen LogP contribution in [0.15, 0.2) is 97.2 Å². The third-order valence-electron chi connectivity index (χ3n) is 6.06. The summed E-state index contributed by atoms with van der Waals surface area (Å²) >= 11 is 0. The van der Waals surface area contributed by atoms with E-state index in [-0.39, 0.29) is 22.8 Å². The molecule has 0 atom stereocenters. The van der Waals surface area contributed by atoms with Crippen molar-refractivity contribution in [2.24, 2.45) is 0 Å². The number of alkyl halides is 2. The molecule has 0 aliphatic heterocycles. The summed E-state index contributed by atoms with van der Waals surface area (Å²) in [7, 11) is 1.55. The van der Waals surface area contributed by atoms with Crippen molar-refractivity contribution in [3.63, 3.8) is 0 Å². The molecule has 3 aromatic carbocycles. The van der Waals surface area contributed by atoms with Gasteiger partial charge in [0, 0.05) is 18.7 Å². The molecule has 0 saturated heterocycles. The number of methoxy groups -OCH3 is 1. The van der Waals surface area contributed by atoms with Crippen LogP contribution in [0.1, 0.15) is 33.6 Å². The number of rotatable bonds is 8. The zero-order chi connectivity index (χ0) is 25.8. The normalized spacial score (nSPS) is 11.1. The molecule has 5 rings (SSSR count). The first-order valence-corrected chi connectivity index (χ1v) is 11.7. The fourth-order valence-electron chi connectivity index (χ4n) is 4.18. The Morgan fingerprint density at radius 3 is 2.05 bits per heavy atom. The fourth-order valence-corrected chi connectivity index (χ4v) is 4.18. The van der Waals surface area contributed by atoms with E-state index in [9.17, 15) is 13.6 Å². The van der Waals surface area contributed by atoms with Crippen LogP contribution in [0.25, 0.3) is 16.9 Å². The van der Waals surface area contributed by atoms with Gasteiger partial charge in [0.15, 0.2) is 5.65 Å². The number of hydrogen-bond donors (Lipinski definition) is 0. The van der Waals surface area contributed by atoms with Crippen LogP contribution in [0.4, 0.5) is 8.78 Å². The van der Waals surface area contributed by atoms with Crippen molar-refractivity contribution >= 4 is 11.6 Å². The Labute approximate surface area is 212 Å². The van der Waals surface area contributed by atoms with Crippen molar-refractivity contribution in [1.82, 2.24) is 19.5 Å². The zero-order valence-corrected chi connectivity index (χ0v) is 20.1. The van der Waals surface area contributed by atoms with Crippen molar-refractivity contribution in [2.75, 3.05) is 7.11 Å². The summed E-state index contributed by atoms with van der Waals surface area (Å²) in [5.74, 6) is 0.291. The fraction of sp³-hybridized carbons (Fsp3) is 0.138. The Kier molecular flexibility index (Phi) is 6.89. The van der Waals surface area contributed by atoms with E-state index in [0.717, 1.165) is 15.6 Å². The SMILES string of the molecule is COc1ccc(-c2cc(C(F)F)n3ncc(C(=O)N(Cc4ccccc4)Cc4ccccc4)c3n2)cc1. The maximum Gasteiger partial charge on any atom is 0.280 e. The predicted octanol–water partition coefficient (Wildman–Crippen LogP) is 6.19. The molecule has 0 spiro atoms.